The Kier molecular flexibility index (Phi) is 3.98. The first kappa shape index (κ1) is 15.1. The fourth-order valence-electron chi connectivity index (χ4n) is 2.73. The van der Waals surface area contributed by atoms with E-state index in [9.17, 15) is 4.79 Å². The van der Waals surface area contributed by atoms with E-state index in [-0.39, 0.29) is 18.2 Å². The van der Waals surface area contributed by atoms with Crippen molar-refractivity contribution in [2.45, 2.75) is 13.0 Å². The van der Waals surface area contributed by atoms with Crippen LogP contribution in [0.5, 0.6) is 0 Å². The summed E-state index contributed by atoms with van der Waals surface area (Å²) >= 11 is 12.1. The van der Waals surface area contributed by atoms with Gasteiger partial charge in [-0.3, -0.25) is 10.2 Å². The van der Waals surface area contributed by atoms with E-state index in [1.165, 1.54) is 0 Å². The lowest BCUT2D eigenvalue weighted by molar-refractivity contribution is -0.122. The number of nitrogens with zero attached hydrogens (tertiary/aromatic N) is 2. The molecular weight excluding hydrogens is 321 g/mol. The molecule has 6 heteroatoms. The van der Waals surface area contributed by atoms with Crippen molar-refractivity contribution in [1.82, 2.24) is 9.13 Å². The molecule has 1 atom stereocenters. The van der Waals surface area contributed by atoms with E-state index < -0.39 is 0 Å². The van der Waals surface area contributed by atoms with Crippen LogP contribution in [-0.2, 0) is 18.4 Å². The number of carbonyl (C=O) groups excluding carboxylic acids is 1. The topological polar surface area (TPSA) is 50.8 Å². The largest absolute Gasteiger partial charge is 0.313 e. The number of benzene rings is 1. The number of hydrogen-bond donors (Lipinski definition) is 1. The Hall–Kier alpha value is -1.78. The Balaban J connectivity index is 1.95. The molecule has 0 amide bonds. The number of nitrogens with one attached hydrogen (secondary N) is 1. The summed E-state index contributed by atoms with van der Waals surface area (Å²) in [5, 5.41) is 9.23. The minimum absolute atomic E-state index is 0.0171. The molecule has 2 aromatic rings. The van der Waals surface area contributed by atoms with Crippen LogP contribution in [-0.4, -0.2) is 14.9 Å². The Morgan fingerprint density at radius 3 is 2.68 bits per heavy atom. The van der Waals surface area contributed by atoms with Crippen molar-refractivity contribution in [3.63, 3.8) is 0 Å². The average Bonchev–Trinajstić information content (AvgIpc) is 2.73. The highest BCUT2D eigenvalue weighted by Crippen LogP contribution is 2.29. The molecule has 1 aliphatic rings. The fourth-order valence-corrected chi connectivity index (χ4v) is 3.32. The number of ketones is 1. The van der Waals surface area contributed by atoms with Gasteiger partial charge in [0.15, 0.2) is 5.78 Å². The highest BCUT2D eigenvalue weighted by atomic mass is 35.5. The number of fused-ring (bicyclic) bond motifs is 1. The number of allylic oxidation sites excluding steroid dienone is 4. The number of para-hydroxylation sites is 2. The van der Waals surface area contributed by atoms with Crippen LogP contribution in [0.2, 0.25) is 0 Å². The fraction of sp³-hybridized carbons (Fsp3) is 0.250. The van der Waals surface area contributed by atoms with Gasteiger partial charge in [0, 0.05) is 17.1 Å². The standard InChI is InChI=1S/C16H15Cl2N3O/c1-20-13-4-2-3-5-14(13)21(16(20)19)9-15(22)11-7-6-10(17)8-12(11)18/h2-6,8,11,19H,7,9H2,1H3. The van der Waals surface area contributed by atoms with Crippen molar-refractivity contribution in [1.29, 1.82) is 5.41 Å². The van der Waals surface area contributed by atoms with Gasteiger partial charge in [0.2, 0.25) is 5.62 Å². The molecule has 0 saturated carbocycles. The summed E-state index contributed by atoms with van der Waals surface area (Å²) in [7, 11) is 1.82. The number of hydrogen-bond acceptors (Lipinski definition) is 2. The molecule has 1 aliphatic carbocycles. The van der Waals surface area contributed by atoms with Crippen molar-refractivity contribution in [2.24, 2.45) is 13.0 Å². The Morgan fingerprint density at radius 1 is 1.32 bits per heavy atom. The van der Waals surface area contributed by atoms with Crippen molar-refractivity contribution < 1.29 is 4.79 Å². The minimum atomic E-state index is -0.380. The lowest BCUT2D eigenvalue weighted by Crippen LogP contribution is -2.29. The number of halogens is 2. The molecule has 1 heterocycles. The van der Waals surface area contributed by atoms with Crippen molar-refractivity contribution in [3.8, 4) is 0 Å². The number of imidazole rings is 1. The highest BCUT2D eigenvalue weighted by Gasteiger charge is 2.24. The van der Waals surface area contributed by atoms with Gasteiger partial charge in [-0.2, -0.15) is 0 Å². The second kappa shape index (κ2) is 5.78. The zero-order chi connectivity index (χ0) is 15.9. The molecular formula is C16H15Cl2N3O. The smallest absolute Gasteiger partial charge is 0.203 e. The molecule has 0 spiro atoms. The van der Waals surface area contributed by atoms with Crippen molar-refractivity contribution in [3.05, 3.63) is 52.1 Å². The molecule has 1 unspecified atom stereocenters. The van der Waals surface area contributed by atoms with Crippen LogP contribution in [0.1, 0.15) is 6.42 Å². The average molecular weight is 336 g/mol. The molecule has 0 bridgehead atoms. The maximum atomic E-state index is 12.6. The van der Waals surface area contributed by atoms with Crippen LogP contribution in [0.4, 0.5) is 0 Å². The Labute approximate surface area is 137 Å². The van der Waals surface area contributed by atoms with E-state index in [4.69, 9.17) is 28.6 Å². The first-order valence-corrected chi connectivity index (χ1v) is 7.69. The number of rotatable bonds is 3. The molecule has 0 saturated heterocycles. The normalized spacial score (nSPS) is 18.2. The zero-order valence-corrected chi connectivity index (χ0v) is 13.5. The molecule has 1 aromatic heterocycles. The lowest BCUT2D eigenvalue weighted by Gasteiger charge is -2.17. The van der Waals surface area contributed by atoms with Gasteiger partial charge in [0.1, 0.15) is 0 Å². The van der Waals surface area contributed by atoms with Gasteiger partial charge >= 0.3 is 0 Å². The van der Waals surface area contributed by atoms with Gasteiger partial charge in [-0.25, -0.2) is 0 Å². The Bertz CT molecular complexity index is 873. The van der Waals surface area contributed by atoms with Crippen LogP contribution in [0.25, 0.3) is 11.0 Å². The quantitative estimate of drug-likeness (QED) is 0.919. The lowest BCUT2D eigenvalue weighted by atomic mass is 9.95. The van der Waals surface area contributed by atoms with Gasteiger partial charge in [-0.05, 0) is 24.6 Å². The summed E-state index contributed by atoms with van der Waals surface area (Å²) in [4.78, 5) is 12.6. The Morgan fingerprint density at radius 2 is 2.00 bits per heavy atom. The molecule has 4 nitrogen and oxygen atoms in total. The molecule has 1 aromatic carbocycles. The number of carbonyl (C=O) groups is 1. The van der Waals surface area contributed by atoms with Crippen LogP contribution >= 0.6 is 23.2 Å². The SMILES string of the molecule is Cn1c(=N)n(CC(=O)C2CC=C(Cl)C=C2Cl)c2ccccc21. The third kappa shape index (κ3) is 2.53. The second-order valence-corrected chi connectivity index (χ2v) is 6.20. The third-order valence-electron chi connectivity index (χ3n) is 3.97. The summed E-state index contributed by atoms with van der Waals surface area (Å²) in [5.74, 6) is -0.397. The van der Waals surface area contributed by atoms with Gasteiger partial charge < -0.3 is 9.13 Å². The van der Waals surface area contributed by atoms with Crippen LogP contribution < -0.4 is 5.62 Å². The molecule has 3 rings (SSSR count). The summed E-state index contributed by atoms with van der Waals surface area (Å²) in [6.45, 7) is 0.125. The van der Waals surface area contributed by atoms with E-state index in [0.717, 1.165) is 11.0 Å². The van der Waals surface area contributed by atoms with Crippen LogP contribution in [0.15, 0.2) is 46.5 Å². The summed E-state index contributed by atoms with van der Waals surface area (Å²) < 4.78 is 3.47. The number of aryl methyl sites for hydroxylation is 1. The van der Waals surface area contributed by atoms with E-state index >= 15 is 0 Å². The van der Waals surface area contributed by atoms with Gasteiger partial charge in [0.05, 0.1) is 23.5 Å². The zero-order valence-electron chi connectivity index (χ0n) is 12.0. The predicted molar refractivity (Wildman–Crippen MR) is 87.7 cm³/mol. The van der Waals surface area contributed by atoms with E-state index in [1.807, 2.05) is 31.3 Å². The monoisotopic (exact) mass is 335 g/mol. The summed E-state index contributed by atoms with van der Waals surface area (Å²) in [6.07, 6.45) is 3.92. The van der Waals surface area contributed by atoms with E-state index in [1.54, 1.807) is 21.3 Å². The highest BCUT2D eigenvalue weighted by molar-refractivity contribution is 6.36. The maximum absolute atomic E-state index is 12.6. The van der Waals surface area contributed by atoms with Crippen LogP contribution in [0.3, 0.4) is 0 Å². The van der Waals surface area contributed by atoms with Crippen molar-refractivity contribution >= 4 is 40.0 Å². The first-order chi connectivity index (χ1) is 10.5. The van der Waals surface area contributed by atoms with Gasteiger partial charge in [0.25, 0.3) is 0 Å². The number of Topliss-reactive ketones (excluding diaryl/α,β-unsaturated/α-hetero) is 1. The molecule has 0 fully saturated rings. The van der Waals surface area contributed by atoms with E-state index in [0.29, 0.717) is 22.1 Å². The molecule has 114 valence electrons. The molecule has 0 radical (unpaired) electrons. The first-order valence-electron chi connectivity index (χ1n) is 6.93. The second-order valence-electron chi connectivity index (χ2n) is 5.33. The minimum Gasteiger partial charge on any atom is -0.313 e. The molecule has 22 heavy (non-hydrogen) atoms. The van der Waals surface area contributed by atoms with E-state index in [2.05, 4.69) is 0 Å². The van der Waals surface area contributed by atoms with Gasteiger partial charge in [-0.15, -0.1) is 0 Å². The van der Waals surface area contributed by atoms with Crippen LogP contribution in [0, 0.1) is 11.3 Å². The van der Waals surface area contributed by atoms with Gasteiger partial charge in [-0.1, -0.05) is 41.4 Å². The predicted octanol–water partition coefficient (Wildman–Crippen LogP) is 3.29. The molecule has 1 N–H and O–H groups in total. The third-order valence-corrected chi connectivity index (χ3v) is 4.60. The number of aromatic nitrogens is 2. The maximum Gasteiger partial charge on any atom is 0.203 e. The summed E-state index contributed by atoms with van der Waals surface area (Å²) in [6, 6.07) is 7.67. The summed E-state index contributed by atoms with van der Waals surface area (Å²) in [5.41, 5.74) is 2.08. The molecule has 0 aliphatic heterocycles. The van der Waals surface area contributed by atoms with Crippen molar-refractivity contribution in [2.75, 3.05) is 0 Å².